The molecule has 4 heteroatoms. The smallest absolute Gasteiger partial charge is 0.239 e. The van der Waals surface area contributed by atoms with Gasteiger partial charge in [-0.2, -0.15) is 0 Å². The van der Waals surface area contributed by atoms with E-state index in [9.17, 15) is 4.79 Å². The first kappa shape index (κ1) is 16.2. The third-order valence-corrected chi connectivity index (χ3v) is 3.84. The van der Waals surface area contributed by atoms with Crippen LogP contribution in [0.4, 0.5) is 0 Å². The molecule has 106 valence electrons. The number of likely N-dealkylation sites (N-methyl/N-ethyl adjacent to an activating group) is 1. The lowest BCUT2D eigenvalue weighted by atomic mass is 10.1. The van der Waals surface area contributed by atoms with Gasteiger partial charge in [0.15, 0.2) is 0 Å². The molecular formula is C15H23BrN2O. The van der Waals surface area contributed by atoms with E-state index in [0.717, 1.165) is 17.6 Å². The molecule has 1 unspecified atom stereocenters. The molecule has 0 aromatic heterocycles. The van der Waals surface area contributed by atoms with Crippen LogP contribution in [0, 0.1) is 0 Å². The Hall–Kier alpha value is -0.870. The molecule has 1 amide bonds. The van der Waals surface area contributed by atoms with Crippen molar-refractivity contribution in [2.24, 2.45) is 0 Å². The molecule has 0 saturated heterocycles. The number of nitrogens with one attached hydrogen (secondary N) is 1. The number of carbonyl (C=O) groups excluding carboxylic acids is 1. The predicted octanol–water partition coefficient (Wildman–Crippen LogP) is 3.36. The lowest BCUT2D eigenvalue weighted by molar-refractivity contribution is -0.132. The number of hydrogen-bond acceptors (Lipinski definition) is 2. The van der Waals surface area contributed by atoms with E-state index in [-0.39, 0.29) is 18.0 Å². The van der Waals surface area contributed by atoms with E-state index in [0.29, 0.717) is 0 Å². The molecule has 0 aliphatic carbocycles. The molecule has 1 rings (SSSR count). The van der Waals surface area contributed by atoms with Gasteiger partial charge < -0.3 is 4.90 Å². The summed E-state index contributed by atoms with van der Waals surface area (Å²) >= 11 is 3.43. The molecule has 0 heterocycles. The molecule has 3 nitrogen and oxygen atoms in total. The highest BCUT2D eigenvalue weighted by Crippen LogP contribution is 2.17. The number of halogens is 1. The highest BCUT2D eigenvalue weighted by molar-refractivity contribution is 9.10. The van der Waals surface area contributed by atoms with Crippen LogP contribution in [0.25, 0.3) is 0 Å². The van der Waals surface area contributed by atoms with Gasteiger partial charge in [0.05, 0.1) is 6.04 Å². The van der Waals surface area contributed by atoms with Gasteiger partial charge in [0.1, 0.15) is 0 Å². The summed E-state index contributed by atoms with van der Waals surface area (Å²) in [5.74, 6) is 0.161. The Labute approximate surface area is 124 Å². The Morgan fingerprint density at radius 1 is 1.21 bits per heavy atom. The SMILES string of the molecule is CCN(CC)C(=O)C(C)N[C@H](C)c1ccc(Br)cc1. The standard InChI is InChI=1S/C15H23BrN2O/c1-5-18(6-2)15(19)12(4)17-11(3)13-7-9-14(16)10-8-13/h7-12,17H,5-6H2,1-4H3/t11-,12?/m1/s1. The molecular weight excluding hydrogens is 304 g/mol. The maximum absolute atomic E-state index is 12.2. The largest absolute Gasteiger partial charge is 0.342 e. The Morgan fingerprint density at radius 2 is 1.74 bits per heavy atom. The Morgan fingerprint density at radius 3 is 2.21 bits per heavy atom. The lowest BCUT2D eigenvalue weighted by Gasteiger charge is -2.26. The molecule has 0 spiro atoms. The summed E-state index contributed by atoms with van der Waals surface area (Å²) in [6.07, 6.45) is 0. The third-order valence-electron chi connectivity index (χ3n) is 3.32. The van der Waals surface area contributed by atoms with Crippen molar-refractivity contribution in [3.63, 3.8) is 0 Å². The minimum absolute atomic E-state index is 0.155. The topological polar surface area (TPSA) is 32.3 Å². The van der Waals surface area contributed by atoms with Crippen LogP contribution in [0.15, 0.2) is 28.7 Å². The van der Waals surface area contributed by atoms with Crippen molar-refractivity contribution in [3.8, 4) is 0 Å². The number of carbonyl (C=O) groups is 1. The number of benzene rings is 1. The average Bonchev–Trinajstić information content (AvgIpc) is 2.40. The summed E-state index contributed by atoms with van der Waals surface area (Å²) in [6, 6.07) is 8.16. The molecule has 0 saturated carbocycles. The second-order valence-corrected chi connectivity index (χ2v) is 5.59. The van der Waals surface area contributed by atoms with Gasteiger partial charge in [0.25, 0.3) is 0 Å². The molecule has 0 aliphatic rings. The van der Waals surface area contributed by atoms with Crippen LogP contribution in [0.2, 0.25) is 0 Å². The summed E-state index contributed by atoms with van der Waals surface area (Å²) < 4.78 is 1.07. The molecule has 1 aromatic rings. The second-order valence-electron chi connectivity index (χ2n) is 4.67. The quantitative estimate of drug-likeness (QED) is 0.869. The highest BCUT2D eigenvalue weighted by atomic mass is 79.9. The normalized spacial score (nSPS) is 13.9. The van der Waals surface area contributed by atoms with Crippen molar-refractivity contribution in [3.05, 3.63) is 34.3 Å². The summed E-state index contributed by atoms with van der Waals surface area (Å²) in [7, 11) is 0. The summed E-state index contributed by atoms with van der Waals surface area (Å²) in [6.45, 7) is 9.53. The van der Waals surface area contributed by atoms with Crippen LogP contribution in [0.3, 0.4) is 0 Å². The third kappa shape index (κ3) is 4.62. The van der Waals surface area contributed by atoms with E-state index in [1.165, 1.54) is 5.56 Å². The van der Waals surface area contributed by atoms with Gasteiger partial charge in [-0.1, -0.05) is 28.1 Å². The molecule has 0 aliphatic heterocycles. The fraction of sp³-hybridized carbons (Fsp3) is 0.533. The van der Waals surface area contributed by atoms with E-state index in [2.05, 4.69) is 40.3 Å². The van der Waals surface area contributed by atoms with Crippen LogP contribution in [-0.4, -0.2) is 29.9 Å². The van der Waals surface area contributed by atoms with E-state index in [1.54, 1.807) is 0 Å². The van der Waals surface area contributed by atoms with Crippen molar-refractivity contribution in [2.75, 3.05) is 13.1 Å². The first-order valence-corrected chi connectivity index (χ1v) is 7.59. The van der Waals surface area contributed by atoms with Crippen LogP contribution in [0.1, 0.15) is 39.3 Å². The maximum Gasteiger partial charge on any atom is 0.239 e. The molecule has 1 aromatic carbocycles. The molecule has 0 fully saturated rings. The van der Waals surface area contributed by atoms with Gasteiger partial charge in [0.2, 0.25) is 5.91 Å². The van der Waals surface area contributed by atoms with Crippen molar-refractivity contribution in [1.82, 2.24) is 10.2 Å². The summed E-state index contributed by atoms with van der Waals surface area (Å²) in [5.41, 5.74) is 1.18. The maximum atomic E-state index is 12.2. The van der Waals surface area contributed by atoms with Crippen LogP contribution in [-0.2, 0) is 4.79 Å². The van der Waals surface area contributed by atoms with Gasteiger partial charge in [-0.25, -0.2) is 0 Å². The minimum atomic E-state index is -0.168. The molecule has 1 N–H and O–H groups in total. The van der Waals surface area contributed by atoms with Gasteiger partial charge in [-0.3, -0.25) is 10.1 Å². The van der Waals surface area contributed by atoms with Crippen LogP contribution >= 0.6 is 15.9 Å². The highest BCUT2D eigenvalue weighted by Gasteiger charge is 2.19. The zero-order chi connectivity index (χ0) is 14.4. The zero-order valence-electron chi connectivity index (χ0n) is 12.1. The fourth-order valence-electron chi connectivity index (χ4n) is 2.10. The monoisotopic (exact) mass is 326 g/mol. The van der Waals surface area contributed by atoms with E-state index in [1.807, 2.05) is 37.8 Å². The van der Waals surface area contributed by atoms with Crippen molar-refractivity contribution < 1.29 is 4.79 Å². The van der Waals surface area contributed by atoms with Gasteiger partial charge in [-0.15, -0.1) is 0 Å². The van der Waals surface area contributed by atoms with E-state index in [4.69, 9.17) is 0 Å². The van der Waals surface area contributed by atoms with Crippen LogP contribution < -0.4 is 5.32 Å². The Bertz CT molecular complexity index is 401. The van der Waals surface area contributed by atoms with Crippen LogP contribution in [0.5, 0.6) is 0 Å². The molecule has 0 bridgehead atoms. The number of nitrogens with zero attached hydrogens (tertiary/aromatic N) is 1. The average molecular weight is 327 g/mol. The van der Waals surface area contributed by atoms with E-state index < -0.39 is 0 Å². The predicted molar refractivity (Wildman–Crippen MR) is 83.1 cm³/mol. The minimum Gasteiger partial charge on any atom is -0.342 e. The fourth-order valence-corrected chi connectivity index (χ4v) is 2.37. The number of rotatable bonds is 6. The van der Waals surface area contributed by atoms with Gasteiger partial charge >= 0.3 is 0 Å². The molecule has 2 atom stereocenters. The number of hydrogen-bond donors (Lipinski definition) is 1. The summed E-state index contributed by atoms with van der Waals surface area (Å²) in [4.78, 5) is 14.0. The number of amides is 1. The molecule has 19 heavy (non-hydrogen) atoms. The van der Waals surface area contributed by atoms with Gasteiger partial charge in [0, 0.05) is 23.6 Å². The van der Waals surface area contributed by atoms with Crippen molar-refractivity contribution in [2.45, 2.75) is 39.8 Å². The van der Waals surface area contributed by atoms with E-state index >= 15 is 0 Å². The lowest BCUT2D eigenvalue weighted by Crippen LogP contribution is -2.45. The Balaban J connectivity index is 2.63. The van der Waals surface area contributed by atoms with Crippen molar-refractivity contribution >= 4 is 21.8 Å². The van der Waals surface area contributed by atoms with Crippen molar-refractivity contribution in [1.29, 1.82) is 0 Å². The molecule has 0 radical (unpaired) electrons. The first-order valence-electron chi connectivity index (χ1n) is 6.79. The van der Waals surface area contributed by atoms with Gasteiger partial charge in [-0.05, 0) is 45.4 Å². The second kappa shape index (κ2) is 7.65. The first-order chi connectivity index (χ1) is 8.99. The zero-order valence-corrected chi connectivity index (χ0v) is 13.7. The Kier molecular flexibility index (Phi) is 6.52. The summed E-state index contributed by atoms with van der Waals surface area (Å²) in [5, 5.41) is 3.36.